The molecule has 33 heavy (non-hydrogen) atoms. The van der Waals surface area contributed by atoms with Gasteiger partial charge in [-0.25, -0.2) is 4.98 Å². The van der Waals surface area contributed by atoms with Gasteiger partial charge in [-0.3, -0.25) is 4.79 Å². The number of imidazole rings is 1. The van der Waals surface area contributed by atoms with Gasteiger partial charge in [-0.2, -0.15) is 0 Å². The number of hydrogen-bond donors (Lipinski definition) is 2. The number of amides is 1. The van der Waals surface area contributed by atoms with Crippen LogP contribution in [0.15, 0.2) is 67.1 Å². The van der Waals surface area contributed by atoms with Gasteiger partial charge in [0.2, 0.25) is 5.91 Å². The Morgan fingerprint density at radius 1 is 1.24 bits per heavy atom. The number of rotatable bonds is 5. The van der Waals surface area contributed by atoms with E-state index in [0.29, 0.717) is 26.9 Å². The summed E-state index contributed by atoms with van der Waals surface area (Å²) < 4.78 is 7.79. The number of thiophene rings is 1. The summed E-state index contributed by atoms with van der Waals surface area (Å²) in [6.45, 7) is 0. The van der Waals surface area contributed by atoms with E-state index in [9.17, 15) is 9.90 Å². The molecule has 0 bridgehead atoms. The van der Waals surface area contributed by atoms with Crippen LogP contribution in [-0.2, 0) is 17.4 Å². The van der Waals surface area contributed by atoms with Crippen LogP contribution >= 0.6 is 22.9 Å². The first-order chi connectivity index (χ1) is 15.9. The SMILES string of the molecule is COc1cccc(C2CC(=O)Nc3ccc(C(O)(c4ccc(Cl)s4)c4cncn4C)cc32)c1. The molecule has 0 radical (unpaired) electrons. The van der Waals surface area contributed by atoms with Crippen molar-refractivity contribution < 1.29 is 14.6 Å². The molecule has 4 aromatic rings. The van der Waals surface area contributed by atoms with Gasteiger partial charge in [0, 0.05) is 30.0 Å². The molecule has 0 saturated heterocycles. The van der Waals surface area contributed by atoms with E-state index in [0.717, 1.165) is 22.6 Å². The van der Waals surface area contributed by atoms with Crippen molar-refractivity contribution in [3.05, 3.63) is 98.7 Å². The summed E-state index contributed by atoms with van der Waals surface area (Å²) in [5.74, 6) is 0.511. The third-order valence-corrected chi connectivity index (χ3v) is 7.46. The van der Waals surface area contributed by atoms with Crippen LogP contribution in [0.1, 0.15) is 39.6 Å². The monoisotopic (exact) mass is 479 g/mol. The van der Waals surface area contributed by atoms with E-state index in [1.807, 2.05) is 55.6 Å². The topological polar surface area (TPSA) is 76.4 Å². The lowest BCUT2D eigenvalue weighted by Gasteiger charge is -2.32. The number of nitrogens with one attached hydrogen (secondary N) is 1. The molecule has 0 fully saturated rings. The highest BCUT2D eigenvalue weighted by molar-refractivity contribution is 7.16. The minimum absolute atomic E-state index is 0.0463. The number of carbonyl (C=O) groups excluding carboxylic acids is 1. The number of carbonyl (C=O) groups is 1. The van der Waals surface area contributed by atoms with Gasteiger partial charge in [0.15, 0.2) is 5.60 Å². The molecule has 3 heterocycles. The molecular weight excluding hydrogens is 458 g/mol. The lowest BCUT2D eigenvalue weighted by molar-refractivity contribution is -0.116. The molecule has 5 rings (SSSR count). The zero-order valence-corrected chi connectivity index (χ0v) is 19.7. The molecule has 2 atom stereocenters. The first kappa shape index (κ1) is 21.7. The standard InChI is InChI=1S/C25H22ClN3O3S/c1-29-14-27-13-21(29)25(31,22-8-9-23(26)33-22)16-6-7-20-19(11-16)18(12-24(30)28-20)15-4-3-5-17(10-15)32-2/h3-11,13-14,18,31H,12H2,1-2H3,(H,28,30). The fourth-order valence-electron chi connectivity index (χ4n) is 4.47. The average Bonchev–Trinajstić information content (AvgIpc) is 3.46. The van der Waals surface area contributed by atoms with Gasteiger partial charge in [0.1, 0.15) is 5.75 Å². The average molecular weight is 480 g/mol. The van der Waals surface area contributed by atoms with E-state index >= 15 is 0 Å². The molecule has 1 aliphatic rings. The molecule has 168 valence electrons. The lowest BCUT2D eigenvalue weighted by Crippen LogP contribution is -2.31. The van der Waals surface area contributed by atoms with E-state index in [1.54, 1.807) is 30.3 Å². The third kappa shape index (κ3) is 3.72. The molecule has 0 saturated carbocycles. The Labute approximate surface area is 200 Å². The van der Waals surface area contributed by atoms with Gasteiger partial charge < -0.3 is 19.7 Å². The van der Waals surface area contributed by atoms with E-state index in [4.69, 9.17) is 16.3 Å². The second-order valence-corrected chi connectivity index (χ2v) is 9.80. The van der Waals surface area contributed by atoms with Crippen LogP contribution < -0.4 is 10.1 Å². The van der Waals surface area contributed by atoms with Crippen LogP contribution in [0.2, 0.25) is 4.34 Å². The summed E-state index contributed by atoms with van der Waals surface area (Å²) in [6, 6.07) is 17.0. The number of nitrogens with zero attached hydrogens (tertiary/aromatic N) is 2. The maximum Gasteiger partial charge on any atom is 0.225 e. The van der Waals surface area contributed by atoms with Gasteiger partial charge in [-0.05, 0) is 53.1 Å². The summed E-state index contributed by atoms with van der Waals surface area (Å²) in [5, 5.41) is 15.2. The molecule has 0 spiro atoms. The van der Waals surface area contributed by atoms with Crippen molar-refractivity contribution >= 4 is 34.5 Å². The highest BCUT2D eigenvalue weighted by Gasteiger charge is 2.39. The molecule has 8 heteroatoms. The minimum Gasteiger partial charge on any atom is -0.497 e. The highest BCUT2D eigenvalue weighted by Crippen LogP contribution is 2.45. The van der Waals surface area contributed by atoms with Gasteiger partial charge in [-0.1, -0.05) is 29.8 Å². The number of halogens is 1. The number of aliphatic hydroxyl groups is 1. The molecule has 1 amide bonds. The Bertz CT molecular complexity index is 1350. The maximum atomic E-state index is 12.5. The summed E-state index contributed by atoms with van der Waals surface area (Å²) in [7, 11) is 3.47. The van der Waals surface area contributed by atoms with E-state index in [2.05, 4.69) is 10.3 Å². The fraction of sp³-hybridized carbons (Fsp3) is 0.200. The van der Waals surface area contributed by atoms with Crippen LogP contribution in [0.3, 0.4) is 0 Å². The van der Waals surface area contributed by atoms with Gasteiger partial charge >= 0.3 is 0 Å². The smallest absolute Gasteiger partial charge is 0.225 e. The van der Waals surface area contributed by atoms with Crippen LogP contribution in [-0.4, -0.2) is 27.7 Å². The van der Waals surface area contributed by atoms with Crippen LogP contribution in [0.25, 0.3) is 0 Å². The van der Waals surface area contributed by atoms with Crippen molar-refractivity contribution in [1.29, 1.82) is 0 Å². The zero-order valence-electron chi connectivity index (χ0n) is 18.1. The first-order valence-corrected chi connectivity index (χ1v) is 11.6. The number of benzene rings is 2. The number of fused-ring (bicyclic) bond motifs is 1. The van der Waals surface area contributed by atoms with Crippen molar-refractivity contribution in [3.8, 4) is 5.75 Å². The fourth-order valence-corrected chi connectivity index (χ4v) is 5.64. The Morgan fingerprint density at radius 2 is 2.09 bits per heavy atom. The van der Waals surface area contributed by atoms with Crippen LogP contribution in [0, 0.1) is 0 Å². The van der Waals surface area contributed by atoms with Gasteiger partial charge in [-0.15, -0.1) is 11.3 Å². The summed E-state index contributed by atoms with van der Waals surface area (Å²) in [4.78, 5) is 17.4. The lowest BCUT2D eigenvalue weighted by atomic mass is 9.80. The molecule has 2 aromatic carbocycles. The zero-order chi connectivity index (χ0) is 23.2. The number of anilines is 1. The highest BCUT2D eigenvalue weighted by atomic mass is 35.5. The van der Waals surface area contributed by atoms with Crippen molar-refractivity contribution in [2.45, 2.75) is 17.9 Å². The minimum atomic E-state index is -1.46. The predicted molar refractivity (Wildman–Crippen MR) is 129 cm³/mol. The molecule has 1 aliphatic heterocycles. The normalized spacial score (nSPS) is 17.2. The van der Waals surface area contributed by atoms with Gasteiger partial charge in [0.05, 0.1) is 29.7 Å². The molecular formula is C25H22ClN3O3S. The van der Waals surface area contributed by atoms with Crippen LogP contribution in [0.4, 0.5) is 5.69 Å². The molecule has 2 unspecified atom stereocenters. The Kier molecular flexibility index (Phi) is 5.48. The second kappa shape index (κ2) is 8.33. The second-order valence-electron chi connectivity index (χ2n) is 8.09. The third-order valence-electron chi connectivity index (χ3n) is 6.12. The van der Waals surface area contributed by atoms with Crippen molar-refractivity contribution in [1.82, 2.24) is 9.55 Å². The van der Waals surface area contributed by atoms with Gasteiger partial charge in [0.25, 0.3) is 0 Å². The maximum absolute atomic E-state index is 12.5. The number of hydrogen-bond acceptors (Lipinski definition) is 5. The summed E-state index contributed by atoms with van der Waals surface area (Å²) in [6.07, 6.45) is 3.63. The van der Waals surface area contributed by atoms with E-state index < -0.39 is 5.60 Å². The molecule has 2 N–H and O–H groups in total. The summed E-state index contributed by atoms with van der Waals surface area (Å²) >= 11 is 7.57. The summed E-state index contributed by atoms with van der Waals surface area (Å²) in [5.41, 5.74) is 2.48. The largest absolute Gasteiger partial charge is 0.497 e. The Morgan fingerprint density at radius 3 is 2.79 bits per heavy atom. The van der Waals surface area contributed by atoms with Crippen LogP contribution in [0.5, 0.6) is 5.75 Å². The first-order valence-electron chi connectivity index (χ1n) is 10.4. The molecule has 0 aliphatic carbocycles. The number of aryl methyl sites for hydroxylation is 1. The predicted octanol–water partition coefficient (Wildman–Crippen LogP) is 4.90. The van der Waals surface area contributed by atoms with Crippen molar-refractivity contribution in [3.63, 3.8) is 0 Å². The van der Waals surface area contributed by atoms with E-state index in [-0.39, 0.29) is 11.8 Å². The number of methoxy groups -OCH3 is 1. The van der Waals surface area contributed by atoms with Crippen molar-refractivity contribution in [2.75, 3.05) is 12.4 Å². The Hall–Kier alpha value is -3.13. The number of aromatic nitrogens is 2. The van der Waals surface area contributed by atoms with E-state index in [1.165, 1.54) is 11.3 Å². The number of ether oxygens (including phenoxy) is 1. The Balaban J connectivity index is 1.70. The molecule has 6 nitrogen and oxygen atoms in total. The quantitative estimate of drug-likeness (QED) is 0.427. The van der Waals surface area contributed by atoms with Crippen molar-refractivity contribution in [2.24, 2.45) is 7.05 Å². The molecule has 2 aromatic heterocycles.